The summed E-state index contributed by atoms with van der Waals surface area (Å²) in [6, 6.07) is 11.3. The lowest BCUT2D eigenvalue weighted by Gasteiger charge is -2.31. The van der Waals surface area contributed by atoms with E-state index in [1.165, 1.54) is 47.9 Å². The first-order valence-corrected chi connectivity index (χ1v) is 16.9. The van der Waals surface area contributed by atoms with Crippen molar-refractivity contribution in [3.8, 4) is 5.75 Å². The Morgan fingerprint density at radius 2 is 1.89 bits per heavy atom. The molecule has 2 aliphatic rings. The van der Waals surface area contributed by atoms with Gasteiger partial charge in [0.05, 0.1) is 30.5 Å². The number of ether oxygens (including phenoxy) is 3. The van der Waals surface area contributed by atoms with Crippen molar-refractivity contribution in [2.45, 2.75) is 63.9 Å². The quantitative estimate of drug-likeness (QED) is 0.309. The van der Waals surface area contributed by atoms with Crippen LogP contribution in [0.3, 0.4) is 0 Å². The van der Waals surface area contributed by atoms with E-state index in [-0.39, 0.29) is 29.4 Å². The molecule has 10 nitrogen and oxygen atoms in total. The molecule has 0 radical (unpaired) electrons. The Labute approximate surface area is 261 Å². The molecular weight excluding hydrogens is 604 g/mol. The first-order chi connectivity index (χ1) is 21.0. The summed E-state index contributed by atoms with van der Waals surface area (Å²) in [6.07, 6.45) is 2.62. The van der Waals surface area contributed by atoms with Crippen LogP contribution in [0.15, 0.2) is 47.4 Å². The van der Waals surface area contributed by atoms with Gasteiger partial charge in [-0.25, -0.2) is 18.0 Å². The maximum atomic E-state index is 13.9. The molecule has 1 N–H and O–H groups in total. The first-order valence-electron chi connectivity index (χ1n) is 14.7. The van der Waals surface area contributed by atoms with Crippen LogP contribution >= 0.6 is 11.3 Å². The molecule has 234 valence electrons. The lowest BCUT2D eigenvalue weighted by molar-refractivity contribution is -0.123. The molecule has 1 aliphatic carbocycles. The monoisotopic (exact) mass is 640 g/mol. The molecule has 2 aromatic carbocycles. The second-order valence-corrected chi connectivity index (χ2v) is 13.9. The van der Waals surface area contributed by atoms with Gasteiger partial charge in [-0.3, -0.25) is 9.10 Å². The van der Waals surface area contributed by atoms with E-state index in [0.717, 1.165) is 35.3 Å². The number of fused-ring (bicyclic) bond motifs is 2. The highest BCUT2D eigenvalue weighted by atomic mass is 32.2. The number of sulfonamides is 1. The number of benzene rings is 2. The van der Waals surface area contributed by atoms with Crippen LogP contribution in [0.5, 0.6) is 5.75 Å². The van der Waals surface area contributed by atoms with Gasteiger partial charge < -0.3 is 19.5 Å². The average Bonchev–Trinajstić information content (AvgIpc) is 3.37. The number of hydrogen-bond donors (Lipinski definition) is 1. The van der Waals surface area contributed by atoms with Crippen molar-refractivity contribution < 1.29 is 37.0 Å². The van der Waals surface area contributed by atoms with Crippen LogP contribution in [-0.4, -0.2) is 52.6 Å². The van der Waals surface area contributed by atoms with Gasteiger partial charge >= 0.3 is 11.9 Å². The van der Waals surface area contributed by atoms with E-state index >= 15 is 0 Å². The fourth-order valence-electron chi connectivity index (χ4n) is 5.63. The van der Waals surface area contributed by atoms with Crippen molar-refractivity contribution in [2.24, 2.45) is 5.92 Å². The minimum absolute atomic E-state index is 0.0536. The van der Waals surface area contributed by atoms with E-state index in [1.807, 2.05) is 12.1 Å². The first kappa shape index (κ1) is 31.5. The number of nitrogens with zero attached hydrogens (tertiary/aromatic N) is 1. The van der Waals surface area contributed by atoms with Crippen LogP contribution < -0.4 is 14.4 Å². The highest BCUT2D eigenvalue weighted by molar-refractivity contribution is 7.93. The van der Waals surface area contributed by atoms with E-state index in [1.54, 1.807) is 19.1 Å². The zero-order valence-electron chi connectivity index (χ0n) is 25.2. The highest BCUT2D eigenvalue weighted by Gasteiger charge is 2.33. The maximum absolute atomic E-state index is 13.9. The number of amides is 1. The Hall–Kier alpha value is -3.90. The van der Waals surface area contributed by atoms with Gasteiger partial charge in [0.15, 0.2) is 6.10 Å². The summed E-state index contributed by atoms with van der Waals surface area (Å²) in [7, 11) is -2.75. The van der Waals surface area contributed by atoms with E-state index in [0.29, 0.717) is 35.0 Å². The van der Waals surface area contributed by atoms with Gasteiger partial charge in [-0.05, 0) is 87.3 Å². The summed E-state index contributed by atoms with van der Waals surface area (Å²) in [5.74, 6) is -1.46. The summed E-state index contributed by atoms with van der Waals surface area (Å²) in [5, 5.41) is 3.13. The van der Waals surface area contributed by atoms with Crippen molar-refractivity contribution in [1.82, 2.24) is 0 Å². The molecule has 2 heterocycles. The van der Waals surface area contributed by atoms with Crippen LogP contribution in [0.25, 0.3) is 0 Å². The van der Waals surface area contributed by atoms with Crippen LogP contribution in [0.2, 0.25) is 0 Å². The van der Waals surface area contributed by atoms with Crippen LogP contribution in [-0.2, 0) is 43.6 Å². The van der Waals surface area contributed by atoms with Gasteiger partial charge in [0, 0.05) is 11.4 Å². The molecule has 2 atom stereocenters. The lowest BCUT2D eigenvalue weighted by atomic mass is 9.88. The van der Waals surface area contributed by atoms with Gasteiger partial charge in [-0.2, -0.15) is 0 Å². The summed E-state index contributed by atoms with van der Waals surface area (Å²) in [5.41, 5.74) is 2.71. The van der Waals surface area contributed by atoms with Gasteiger partial charge in [0.2, 0.25) is 0 Å². The molecule has 2 unspecified atom stereocenters. The van der Waals surface area contributed by atoms with Crippen LogP contribution in [0, 0.1) is 5.92 Å². The Morgan fingerprint density at radius 3 is 2.64 bits per heavy atom. The molecule has 12 heteroatoms. The fourth-order valence-corrected chi connectivity index (χ4v) is 8.75. The zero-order valence-corrected chi connectivity index (χ0v) is 26.8. The second kappa shape index (κ2) is 13.0. The molecule has 0 saturated carbocycles. The smallest absolute Gasteiger partial charge is 0.341 e. The number of para-hydroxylation sites is 1. The predicted octanol–water partition coefficient (Wildman–Crippen LogP) is 5.38. The number of carbonyl (C=O) groups excluding carboxylic acids is 3. The maximum Gasteiger partial charge on any atom is 0.341 e. The summed E-state index contributed by atoms with van der Waals surface area (Å²) in [6.45, 7) is 5.77. The Kier molecular flexibility index (Phi) is 9.31. The van der Waals surface area contributed by atoms with Crippen molar-refractivity contribution in [2.75, 3.05) is 29.9 Å². The lowest BCUT2D eigenvalue weighted by Crippen LogP contribution is -2.35. The number of hydrogen-bond acceptors (Lipinski definition) is 9. The van der Waals surface area contributed by atoms with Crippen LogP contribution in [0.4, 0.5) is 10.7 Å². The molecular formula is C32H36N2O8S2. The molecule has 1 amide bonds. The van der Waals surface area contributed by atoms with Gasteiger partial charge in [0.25, 0.3) is 15.9 Å². The number of carbonyl (C=O) groups is 3. The average molecular weight is 641 g/mol. The molecule has 44 heavy (non-hydrogen) atoms. The highest BCUT2D eigenvalue weighted by Crippen LogP contribution is 2.40. The van der Waals surface area contributed by atoms with E-state index in [4.69, 9.17) is 14.2 Å². The number of nitrogens with one attached hydrogen (secondary N) is 1. The number of esters is 2. The molecule has 0 fully saturated rings. The minimum atomic E-state index is -4.10. The van der Waals surface area contributed by atoms with Crippen LogP contribution in [0.1, 0.15) is 70.3 Å². The molecule has 0 saturated heterocycles. The number of thiophene rings is 1. The van der Waals surface area contributed by atoms with Gasteiger partial charge in [-0.1, -0.05) is 25.1 Å². The molecule has 0 spiro atoms. The Balaban J connectivity index is 1.36. The minimum Gasteiger partial charge on any atom is -0.495 e. The topological polar surface area (TPSA) is 128 Å². The third kappa shape index (κ3) is 6.18. The normalized spacial score (nSPS) is 16.7. The van der Waals surface area contributed by atoms with Crippen molar-refractivity contribution in [1.29, 1.82) is 0 Å². The third-order valence-corrected chi connectivity index (χ3v) is 10.9. The summed E-state index contributed by atoms with van der Waals surface area (Å²) in [4.78, 5) is 40.1. The van der Waals surface area contributed by atoms with Gasteiger partial charge in [-0.15, -0.1) is 11.3 Å². The zero-order chi connectivity index (χ0) is 31.6. The predicted molar refractivity (Wildman–Crippen MR) is 167 cm³/mol. The summed E-state index contributed by atoms with van der Waals surface area (Å²) < 4.78 is 45.2. The largest absolute Gasteiger partial charge is 0.495 e. The Morgan fingerprint density at radius 1 is 1.11 bits per heavy atom. The second-order valence-electron chi connectivity index (χ2n) is 11.0. The molecule has 1 aromatic heterocycles. The van der Waals surface area contributed by atoms with Crippen molar-refractivity contribution in [3.05, 3.63) is 69.6 Å². The number of methoxy groups -OCH3 is 1. The van der Waals surface area contributed by atoms with Crippen molar-refractivity contribution >= 4 is 49.9 Å². The van der Waals surface area contributed by atoms with E-state index < -0.39 is 34.0 Å². The van der Waals surface area contributed by atoms with Gasteiger partial charge in [0.1, 0.15) is 15.6 Å². The fraction of sp³-hybridized carbons (Fsp3) is 0.406. The Bertz CT molecular complexity index is 1700. The number of rotatable bonds is 9. The van der Waals surface area contributed by atoms with E-state index in [2.05, 4.69) is 12.2 Å². The SMILES string of the molecule is CCOC(=O)c1c(NC(=O)C(C)OC(=O)c2ccc(OC)c(S(=O)(=O)N3CCCc4ccccc43)c2)sc2c1CCC(C)C2. The van der Waals surface area contributed by atoms with E-state index in [9.17, 15) is 22.8 Å². The molecule has 5 rings (SSSR count). The molecule has 3 aromatic rings. The number of aryl methyl sites for hydroxylation is 1. The number of anilines is 2. The standard InChI is InChI=1S/C32H36N2O8S2/c1-5-41-32(37)28-23-14-12-19(2)17-26(23)43-30(28)33-29(35)20(3)42-31(36)22-13-15-25(40-4)27(18-22)44(38,39)34-16-8-10-21-9-6-7-11-24(21)34/h6-7,9,11,13,15,18-20H,5,8,10,12,14,16-17H2,1-4H3,(H,33,35). The third-order valence-electron chi connectivity index (χ3n) is 7.92. The molecule has 1 aliphatic heterocycles. The molecule has 0 bridgehead atoms. The van der Waals surface area contributed by atoms with Crippen molar-refractivity contribution in [3.63, 3.8) is 0 Å². The summed E-state index contributed by atoms with van der Waals surface area (Å²) >= 11 is 1.34.